The topological polar surface area (TPSA) is 48.9 Å². The van der Waals surface area contributed by atoms with E-state index in [9.17, 15) is 4.39 Å². The standard InChI is InChI=1S/C20H31FN4O/c1-22-20(23-10-2-3-16-4-5-16)24-15-19(25-11-13-26-14-12-25)17-6-8-18(21)9-7-17/h6-9,16,19H,2-5,10-15H2,1H3,(H2,22,23,24). The molecular formula is C20H31FN4O. The molecule has 1 atom stereocenters. The minimum Gasteiger partial charge on any atom is -0.379 e. The van der Waals surface area contributed by atoms with E-state index in [0.29, 0.717) is 0 Å². The third-order valence-electron chi connectivity index (χ3n) is 5.21. The van der Waals surface area contributed by atoms with Crippen molar-refractivity contribution in [3.63, 3.8) is 0 Å². The summed E-state index contributed by atoms with van der Waals surface area (Å²) in [5.74, 6) is 1.60. The minimum absolute atomic E-state index is 0.171. The number of aliphatic imine (C=N–C) groups is 1. The van der Waals surface area contributed by atoms with Crippen LogP contribution >= 0.6 is 0 Å². The van der Waals surface area contributed by atoms with Crippen molar-refractivity contribution in [1.29, 1.82) is 0 Å². The van der Waals surface area contributed by atoms with Gasteiger partial charge in [-0.2, -0.15) is 0 Å². The molecule has 1 heterocycles. The first-order valence-corrected chi connectivity index (χ1v) is 9.78. The summed E-state index contributed by atoms with van der Waals surface area (Å²) in [6.45, 7) is 4.94. The fourth-order valence-corrected chi connectivity index (χ4v) is 3.45. The van der Waals surface area contributed by atoms with Crippen molar-refractivity contribution in [1.82, 2.24) is 15.5 Å². The summed E-state index contributed by atoms with van der Waals surface area (Å²) in [6.07, 6.45) is 5.32. The van der Waals surface area contributed by atoms with Gasteiger partial charge >= 0.3 is 0 Å². The third kappa shape index (κ3) is 5.95. The fourth-order valence-electron chi connectivity index (χ4n) is 3.45. The quantitative estimate of drug-likeness (QED) is 0.424. The number of hydrogen-bond acceptors (Lipinski definition) is 3. The van der Waals surface area contributed by atoms with Gasteiger partial charge < -0.3 is 15.4 Å². The van der Waals surface area contributed by atoms with Crippen LogP contribution in [0.25, 0.3) is 0 Å². The third-order valence-corrected chi connectivity index (χ3v) is 5.21. The van der Waals surface area contributed by atoms with E-state index < -0.39 is 0 Å². The van der Waals surface area contributed by atoms with E-state index >= 15 is 0 Å². The Morgan fingerprint density at radius 3 is 2.62 bits per heavy atom. The zero-order valence-corrected chi connectivity index (χ0v) is 15.7. The number of benzene rings is 1. The second-order valence-electron chi connectivity index (χ2n) is 7.18. The zero-order valence-electron chi connectivity index (χ0n) is 15.7. The molecule has 1 aromatic rings. The second-order valence-corrected chi connectivity index (χ2v) is 7.18. The summed E-state index contributed by atoms with van der Waals surface area (Å²) in [5.41, 5.74) is 1.12. The van der Waals surface area contributed by atoms with E-state index in [1.807, 2.05) is 12.1 Å². The first-order chi connectivity index (χ1) is 12.8. The predicted molar refractivity (Wildman–Crippen MR) is 103 cm³/mol. The average molecular weight is 362 g/mol. The van der Waals surface area contributed by atoms with Gasteiger partial charge in [-0.1, -0.05) is 25.0 Å². The van der Waals surface area contributed by atoms with Crippen LogP contribution in [0.15, 0.2) is 29.3 Å². The molecule has 2 aliphatic rings. The number of guanidine groups is 1. The molecule has 144 valence electrons. The molecule has 0 bridgehead atoms. The van der Waals surface area contributed by atoms with Gasteiger partial charge in [-0.05, 0) is 36.5 Å². The molecule has 1 aromatic carbocycles. The van der Waals surface area contributed by atoms with Crippen molar-refractivity contribution in [2.75, 3.05) is 46.4 Å². The van der Waals surface area contributed by atoms with Crippen LogP contribution in [-0.4, -0.2) is 57.3 Å². The Morgan fingerprint density at radius 2 is 1.96 bits per heavy atom. The maximum atomic E-state index is 13.3. The molecule has 1 saturated carbocycles. The molecule has 2 fully saturated rings. The van der Waals surface area contributed by atoms with E-state index in [0.717, 1.165) is 56.8 Å². The van der Waals surface area contributed by atoms with Crippen molar-refractivity contribution in [3.8, 4) is 0 Å². The molecule has 3 rings (SSSR count). The lowest BCUT2D eigenvalue weighted by Gasteiger charge is -2.35. The Morgan fingerprint density at radius 1 is 1.23 bits per heavy atom. The monoisotopic (exact) mass is 362 g/mol. The van der Waals surface area contributed by atoms with E-state index in [2.05, 4.69) is 20.5 Å². The number of rotatable bonds is 8. The van der Waals surface area contributed by atoms with Gasteiger partial charge in [-0.3, -0.25) is 9.89 Å². The van der Waals surface area contributed by atoms with Crippen LogP contribution in [0, 0.1) is 11.7 Å². The lowest BCUT2D eigenvalue weighted by atomic mass is 10.0. The van der Waals surface area contributed by atoms with Gasteiger partial charge in [-0.25, -0.2) is 4.39 Å². The first kappa shape index (κ1) is 19.1. The zero-order chi connectivity index (χ0) is 18.2. The van der Waals surface area contributed by atoms with Crippen LogP contribution in [0.2, 0.25) is 0 Å². The Balaban J connectivity index is 1.54. The highest BCUT2D eigenvalue weighted by molar-refractivity contribution is 5.79. The summed E-state index contributed by atoms with van der Waals surface area (Å²) in [7, 11) is 1.80. The summed E-state index contributed by atoms with van der Waals surface area (Å²) in [4.78, 5) is 6.73. The molecule has 1 unspecified atom stereocenters. The van der Waals surface area contributed by atoms with Crippen molar-refractivity contribution >= 4 is 5.96 Å². The first-order valence-electron chi connectivity index (χ1n) is 9.78. The number of nitrogens with zero attached hydrogens (tertiary/aromatic N) is 2. The molecule has 2 N–H and O–H groups in total. The van der Waals surface area contributed by atoms with E-state index in [-0.39, 0.29) is 11.9 Å². The van der Waals surface area contributed by atoms with Gasteiger partial charge in [0.2, 0.25) is 0 Å². The van der Waals surface area contributed by atoms with Gasteiger partial charge in [0, 0.05) is 33.2 Å². The lowest BCUT2D eigenvalue weighted by Crippen LogP contribution is -2.46. The summed E-state index contributed by atoms with van der Waals surface area (Å²) in [6, 6.07) is 7.00. The minimum atomic E-state index is -0.199. The van der Waals surface area contributed by atoms with Gasteiger partial charge in [0.15, 0.2) is 5.96 Å². The molecule has 0 radical (unpaired) electrons. The molecule has 0 aromatic heterocycles. The van der Waals surface area contributed by atoms with Crippen molar-refractivity contribution in [2.45, 2.75) is 31.7 Å². The Bertz CT molecular complexity index is 568. The number of ether oxygens (including phenoxy) is 1. The second kappa shape index (κ2) is 9.88. The van der Waals surface area contributed by atoms with Crippen LogP contribution in [0.3, 0.4) is 0 Å². The van der Waals surface area contributed by atoms with Gasteiger partial charge in [0.1, 0.15) is 5.82 Å². The normalized spacial score (nSPS) is 20.0. The smallest absolute Gasteiger partial charge is 0.191 e. The largest absolute Gasteiger partial charge is 0.379 e. The Labute approximate surface area is 156 Å². The van der Waals surface area contributed by atoms with Crippen LogP contribution in [0.1, 0.15) is 37.3 Å². The molecule has 0 spiro atoms. The molecular weight excluding hydrogens is 331 g/mol. The van der Waals surface area contributed by atoms with Crippen molar-refractivity contribution in [2.24, 2.45) is 10.9 Å². The van der Waals surface area contributed by atoms with E-state index in [1.54, 1.807) is 7.05 Å². The molecule has 6 heteroatoms. The summed E-state index contributed by atoms with van der Waals surface area (Å²) in [5, 5.41) is 6.85. The fraction of sp³-hybridized carbons (Fsp3) is 0.650. The van der Waals surface area contributed by atoms with Crippen molar-refractivity contribution in [3.05, 3.63) is 35.6 Å². The maximum Gasteiger partial charge on any atom is 0.191 e. The average Bonchev–Trinajstić information content (AvgIpc) is 3.50. The molecule has 0 amide bonds. The maximum absolute atomic E-state index is 13.3. The number of morpholine rings is 1. The highest BCUT2D eigenvalue weighted by Crippen LogP contribution is 2.33. The Kier molecular flexibility index (Phi) is 7.26. The number of nitrogens with one attached hydrogen (secondary N) is 2. The summed E-state index contributed by atoms with van der Waals surface area (Å²) < 4.78 is 18.8. The van der Waals surface area contributed by atoms with Crippen LogP contribution in [-0.2, 0) is 4.74 Å². The van der Waals surface area contributed by atoms with Crippen molar-refractivity contribution < 1.29 is 9.13 Å². The molecule has 1 aliphatic carbocycles. The van der Waals surface area contributed by atoms with E-state index in [1.165, 1.54) is 37.8 Å². The molecule has 1 aliphatic heterocycles. The SMILES string of the molecule is CN=C(NCCCC1CC1)NCC(c1ccc(F)cc1)N1CCOCC1. The molecule has 26 heavy (non-hydrogen) atoms. The predicted octanol–water partition coefficient (Wildman–Crippen LogP) is 2.55. The van der Waals surface area contributed by atoms with Gasteiger partial charge in [-0.15, -0.1) is 0 Å². The van der Waals surface area contributed by atoms with Gasteiger partial charge in [0.25, 0.3) is 0 Å². The van der Waals surface area contributed by atoms with E-state index in [4.69, 9.17) is 4.74 Å². The Hall–Kier alpha value is -1.66. The highest BCUT2D eigenvalue weighted by Gasteiger charge is 2.23. The number of halogens is 1. The highest BCUT2D eigenvalue weighted by atomic mass is 19.1. The van der Waals surface area contributed by atoms with Gasteiger partial charge in [0.05, 0.1) is 19.3 Å². The molecule has 5 nitrogen and oxygen atoms in total. The summed E-state index contributed by atoms with van der Waals surface area (Å²) >= 11 is 0. The molecule has 1 saturated heterocycles. The lowest BCUT2D eigenvalue weighted by molar-refractivity contribution is 0.0170. The number of hydrogen-bond donors (Lipinski definition) is 2. The van der Waals surface area contributed by atoms with Crippen LogP contribution in [0.4, 0.5) is 4.39 Å². The van der Waals surface area contributed by atoms with Crippen LogP contribution < -0.4 is 10.6 Å². The van der Waals surface area contributed by atoms with Crippen LogP contribution in [0.5, 0.6) is 0 Å².